The Labute approximate surface area is 181 Å². The highest BCUT2D eigenvalue weighted by Gasteiger charge is 2.24. The molecule has 7 nitrogen and oxygen atoms in total. The van der Waals surface area contributed by atoms with E-state index in [1.807, 2.05) is 0 Å². The second-order valence-electron chi connectivity index (χ2n) is 6.41. The largest absolute Gasteiger partial charge is 0.339 e. The van der Waals surface area contributed by atoms with E-state index < -0.39 is 15.8 Å². The third-order valence-corrected chi connectivity index (χ3v) is 6.50. The van der Waals surface area contributed by atoms with Gasteiger partial charge in [-0.1, -0.05) is 35.3 Å². The Morgan fingerprint density at radius 1 is 1.00 bits per heavy atom. The highest BCUT2D eigenvalue weighted by Crippen LogP contribution is 2.31. The number of benzene rings is 1. The summed E-state index contributed by atoms with van der Waals surface area (Å²) in [4.78, 5) is 8.08. The molecule has 0 fully saturated rings. The highest BCUT2D eigenvalue weighted by molar-refractivity contribution is 7.90. The topological polar surface area (TPSA) is 81.8 Å². The van der Waals surface area contributed by atoms with Gasteiger partial charge < -0.3 is 9.88 Å². The van der Waals surface area contributed by atoms with E-state index in [1.165, 1.54) is 47.7 Å². The first-order chi connectivity index (χ1) is 14.2. The molecule has 0 aliphatic rings. The van der Waals surface area contributed by atoms with Crippen LogP contribution in [0.1, 0.15) is 0 Å². The lowest BCUT2D eigenvalue weighted by molar-refractivity contribution is 0.585. The molecule has 0 saturated carbocycles. The van der Waals surface area contributed by atoms with Crippen LogP contribution < -0.4 is 5.32 Å². The number of hydrogen-bond acceptors (Lipinski definition) is 5. The third-order valence-electron chi connectivity index (χ3n) is 4.23. The van der Waals surface area contributed by atoms with E-state index in [4.69, 9.17) is 23.2 Å². The fraction of sp³-hybridized carbons (Fsp3) is 0.0526. The number of aromatic nitrogens is 4. The lowest BCUT2D eigenvalue weighted by Gasteiger charge is -2.10. The summed E-state index contributed by atoms with van der Waals surface area (Å²) in [6.45, 7) is 0. The average Bonchev–Trinajstić information content (AvgIpc) is 3.33. The van der Waals surface area contributed by atoms with Crippen LogP contribution in [0.5, 0.6) is 0 Å². The molecule has 0 unspecified atom stereocenters. The number of rotatable bonds is 5. The van der Waals surface area contributed by atoms with Crippen LogP contribution in [0.3, 0.4) is 0 Å². The van der Waals surface area contributed by atoms with Gasteiger partial charge in [-0.3, -0.25) is 0 Å². The molecule has 3 heterocycles. The molecule has 11 heteroatoms. The molecule has 1 N–H and O–H groups in total. The summed E-state index contributed by atoms with van der Waals surface area (Å²) in [6, 6.07) is 8.80. The Bertz CT molecular complexity index is 1330. The number of halogens is 3. The summed E-state index contributed by atoms with van der Waals surface area (Å²) in [5.41, 5.74) is 1.19. The molecule has 154 valence electrons. The van der Waals surface area contributed by atoms with Crippen molar-refractivity contribution in [3.05, 3.63) is 77.2 Å². The molecule has 0 radical (unpaired) electrons. The highest BCUT2D eigenvalue weighted by atomic mass is 35.5. The van der Waals surface area contributed by atoms with Gasteiger partial charge in [-0.25, -0.2) is 18.3 Å². The molecule has 4 rings (SSSR count). The second kappa shape index (κ2) is 7.75. The number of nitrogens with zero attached hydrogens (tertiary/aromatic N) is 4. The molecule has 4 aromatic rings. The Balaban J connectivity index is 1.84. The van der Waals surface area contributed by atoms with Crippen molar-refractivity contribution in [3.63, 3.8) is 0 Å². The third kappa shape index (κ3) is 3.91. The van der Waals surface area contributed by atoms with Crippen LogP contribution in [0.2, 0.25) is 10.0 Å². The molecule has 1 aromatic carbocycles. The van der Waals surface area contributed by atoms with Gasteiger partial charge in [-0.15, -0.1) is 0 Å². The van der Waals surface area contributed by atoms with Crippen molar-refractivity contribution in [3.8, 4) is 11.1 Å². The van der Waals surface area contributed by atoms with Crippen LogP contribution >= 0.6 is 23.2 Å². The van der Waals surface area contributed by atoms with Crippen LogP contribution in [-0.4, -0.2) is 26.9 Å². The Kier molecular flexibility index (Phi) is 5.27. The molecule has 0 aliphatic heterocycles. The minimum atomic E-state index is -4.02. The number of anilines is 2. The summed E-state index contributed by atoms with van der Waals surface area (Å²) in [5.74, 6) is 0.106. The van der Waals surface area contributed by atoms with Crippen molar-refractivity contribution in [1.82, 2.24) is 18.5 Å². The molecule has 0 atom stereocenters. The minimum Gasteiger partial charge on any atom is -0.339 e. The van der Waals surface area contributed by atoms with E-state index in [-0.39, 0.29) is 20.9 Å². The Morgan fingerprint density at radius 3 is 2.37 bits per heavy atom. The average molecular weight is 466 g/mol. The van der Waals surface area contributed by atoms with Gasteiger partial charge in [0.05, 0.1) is 16.4 Å². The molecule has 30 heavy (non-hydrogen) atoms. The zero-order chi connectivity index (χ0) is 21.5. The van der Waals surface area contributed by atoms with Crippen molar-refractivity contribution in [1.29, 1.82) is 0 Å². The first-order valence-corrected chi connectivity index (χ1v) is 10.7. The number of aryl methyl sites for hydroxylation is 1. The number of pyridine rings is 1. The summed E-state index contributed by atoms with van der Waals surface area (Å²) in [7, 11) is -2.35. The maximum atomic E-state index is 13.3. The van der Waals surface area contributed by atoms with E-state index in [9.17, 15) is 12.8 Å². The summed E-state index contributed by atoms with van der Waals surface area (Å²) < 4.78 is 42.3. The van der Waals surface area contributed by atoms with Gasteiger partial charge in [0.15, 0.2) is 5.03 Å². The van der Waals surface area contributed by atoms with Gasteiger partial charge in [0.1, 0.15) is 17.5 Å². The van der Waals surface area contributed by atoms with Gasteiger partial charge in [0.2, 0.25) is 0 Å². The van der Waals surface area contributed by atoms with Crippen LogP contribution in [-0.2, 0) is 17.1 Å². The number of imidazole rings is 1. The standard InChI is InChI=1S/C19H14Cl2FN5O2S/c1-26-10-19(24-11-26)30(28,29)27-9-13(12-2-4-14(22)5-3-12)6-18(27)25-17-7-15(20)16(21)8-23-17/h2-11H,1H3,(H,23,25). The Morgan fingerprint density at radius 2 is 1.73 bits per heavy atom. The molecule has 3 aromatic heterocycles. The molecule has 0 bridgehead atoms. The van der Waals surface area contributed by atoms with Crippen molar-refractivity contribution < 1.29 is 12.8 Å². The first kappa shape index (κ1) is 20.4. The zero-order valence-electron chi connectivity index (χ0n) is 15.4. The molecular formula is C19H14Cl2FN5O2S. The molecule has 0 aliphatic carbocycles. The Hall–Kier alpha value is -2.88. The summed E-state index contributed by atoms with van der Waals surface area (Å²) in [6.07, 6.45) is 5.57. The molecule has 0 amide bonds. The van der Waals surface area contributed by atoms with Gasteiger partial charge in [0.25, 0.3) is 10.0 Å². The second-order valence-corrected chi connectivity index (χ2v) is 8.98. The fourth-order valence-corrected chi connectivity index (χ4v) is 4.32. The summed E-state index contributed by atoms with van der Waals surface area (Å²) >= 11 is 11.9. The van der Waals surface area contributed by atoms with E-state index in [0.717, 1.165) is 3.97 Å². The molecular weight excluding hydrogens is 452 g/mol. The maximum absolute atomic E-state index is 13.3. The van der Waals surface area contributed by atoms with Crippen molar-refractivity contribution in [2.75, 3.05) is 5.32 Å². The van der Waals surface area contributed by atoms with E-state index in [2.05, 4.69) is 15.3 Å². The molecule has 0 saturated heterocycles. The van der Waals surface area contributed by atoms with Crippen LogP contribution in [0.4, 0.5) is 16.0 Å². The first-order valence-electron chi connectivity index (χ1n) is 8.54. The quantitative estimate of drug-likeness (QED) is 0.461. The normalized spacial score (nSPS) is 11.6. The molecule has 0 spiro atoms. The monoisotopic (exact) mass is 465 g/mol. The van der Waals surface area contributed by atoms with E-state index in [0.29, 0.717) is 16.9 Å². The van der Waals surface area contributed by atoms with Gasteiger partial charge >= 0.3 is 0 Å². The number of hydrogen-bond donors (Lipinski definition) is 1. The minimum absolute atomic E-state index is 0.128. The van der Waals surface area contributed by atoms with Crippen molar-refractivity contribution in [2.45, 2.75) is 5.03 Å². The van der Waals surface area contributed by atoms with Crippen molar-refractivity contribution >= 4 is 44.9 Å². The van der Waals surface area contributed by atoms with Crippen LogP contribution in [0, 0.1) is 5.82 Å². The fourth-order valence-electron chi connectivity index (χ4n) is 2.77. The lowest BCUT2D eigenvalue weighted by Crippen LogP contribution is -2.15. The lowest BCUT2D eigenvalue weighted by atomic mass is 10.1. The summed E-state index contributed by atoms with van der Waals surface area (Å²) in [5, 5.41) is 3.35. The smallest absolute Gasteiger partial charge is 0.288 e. The predicted molar refractivity (Wildman–Crippen MR) is 113 cm³/mol. The van der Waals surface area contributed by atoms with Crippen LogP contribution in [0.25, 0.3) is 11.1 Å². The van der Waals surface area contributed by atoms with Crippen LogP contribution in [0.15, 0.2) is 66.3 Å². The van der Waals surface area contributed by atoms with Gasteiger partial charge in [-0.05, 0) is 23.8 Å². The maximum Gasteiger partial charge on any atom is 0.288 e. The van der Waals surface area contributed by atoms with E-state index in [1.54, 1.807) is 25.2 Å². The SMILES string of the molecule is Cn1cnc(S(=O)(=O)n2cc(-c3ccc(F)cc3)cc2Nc2cc(Cl)c(Cl)cn2)c1. The van der Waals surface area contributed by atoms with Gasteiger partial charge in [0, 0.05) is 37.3 Å². The van der Waals surface area contributed by atoms with E-state index >= 15 is 0 Å². The number of nitrogens with one attached hydrogen (secondary N) is 1. The zero-order valence-corrected chi connectivity index (χ0v) is 17.7. The van der Waals surface area contributed by atoms with Crippen molar-refractivity contribution in [2.24, 2.45) is 7.05 Å². The van der Waals surface area contributed by atoms with Gasteiger partial charge in [-0.2, -0.15) is 8.42 Å². The predicted octanol–water partition coefficient (Wildman–Crippen LogP) is 4.71.